The van der Waals surface area contributed by atoms with E-state index in [9.17, 15) is 52.0 Å². The molecule has 0 amide bonds. The summed E-state index contributed by atoms with van der Waals surface area (Å²) in [5, 5.41) is 0. The first-order chi connectivity index (χ1) is 19.3. The van der Waals surface area contributed by atoms with E-state index in [4.69, 9.17) is 0 Å². The molecule has 1 fully saturated rings. The molecular formula is C26H22F8N2O4S2. The number of rotatable bonds is 7. The summed E-state index contributed by atoms with van der Waals surface area (Å²) in [7, 11) is -8.57. The SMILES string of the molecule is O=S(=O)(N[C@H]1CC[C@@](c2ccc(C(F)(C(F)(F)F)C(F)(F)F)cc2)(S(=O)(=O)c2ccc(F)cc2)CC1)c1cccnc1. The number of nitrogens with one attached hydrogen (secondary N) is 1. The Kier molecular flexibility index (Phi) is 8.23. The molecule has 1 aliphatic carbocycles. The fourth-order valence-corrected chi connectivity index (χ4v) is 8.47. The first-order valence-corrected chi connectivity index (χ1v) is 15.2. The molecule has 0 aliphatic heterocycles. The number of pyridine rings is 1. The summed E-state index contributed by atoms with van der Waals surface area (Å²) in [5.74, 6) is -0.764. The second kappa shape index (κ2) is 10.9. The predicted octanol–water partition coefficient (Wildman–Crippen LogP) is 6.10. The van der Waals surface area contributed by atoms with Crippen LogP contribution in [0.15, 0.2) is 82.8 Å². The fourth-order valence-electron chi connectivity index (χ4n) is 5.04. The van der Waals surface area contributed by atoms with E-state index in [1.54, 1.807) is 0 Å². The van der Waals surface area contributed by atoms with Gasteiger partial charge >= 0.3 is 18.0 Å². The molecule has 1 N–H and O–H groups in total. The van der Waals surface area contributed by atoms with Crippen LogP contribution >= 0.6 is 0 Å². The lowest BCUT2D eigenvalue weighted by atomic mass is 9.80. The number of halogens is 8. The van der Waals surface area contributed by atoms with Gasteiger partial charge in [0.05, 0.1) is 4.90 Å². The first-order valence-electron chi connectivity index (χ1n) is 12.2. The second-order valence-electron chi connectivity index (χ2n) is 9.77. The van der Waals surface area contributed by atoms with Crippen LogP contribution in [0.25, 0.3) is 0 Å². The van der Waals surface area contributed by atoms with Gasteiger partial charge in [0.25, 0.3) is 0 Å². The minimum Gasteiger partial charge on any atom is -0.263 e. The van der Waals surface area contributed by atoms with Gasteiger partial charge in [-0.15, -0.1) is 0 Å². The van der Waals surface area contributed by atoms with E-state index in [1.807, 2.05) is 0 Å². The largest absolute Gasteiger partial charge is 0.435 e. The third-order valence-electron chi connectivity index (χ3n) is 7.29. The summed E-state index contributed by atoms with van der Waals surface area (Å²) < 4.78 is 162. The van der Waals surface area contributed by atoms with E-state index in [2.05, 4.69) is 9.71 Å². The summed E-state index contributed by atoms with van der Waals surface area (Å²) in [4.78, 5) is 3.21. The van der Waals surface area contributed by atoms with Gasteiger partial charge in [-0.3, -0.25) is 4.98 Å². The van der Waals surface area contributed by atoms with Crippen molar-refractivity contribution in [2.75, 3.05) is 0 Å². The molecule has 1 aliphatic rings. The number of aromatic nitrogens is 1. The molecule has 0 spiro atoms. The van der Waals surface area contributed by atoms with Gasteiger partial charge in [-0.25, -0.2) is 30.3 Å². The average Bonchev–Trinajstić information content (AvgIpc) is 2.92. The van der Waals surface area contributed by atoms with Crippen LogP contribution in [0.3, 0.4) is 0 Å². The van der Waals surface area contributed by atoms with Crippen LogP contribution in [0, 0.1) is 5.82 Å². The maximum atomic E-state index is 14.6. The lowest BCUT2D eigenvalue weighted by Crippen LogP contribution is -2.50. The Morgan fingerprint density at radius 1 is 0.762 bits per heavy atom. The van der Waals surface area contributed by atoms with Crippen LogP contribution in [0.5, 0.6) is 0 Å². The van der Waals surface area contributed by atoms with Gasteiger partial charge in [0.2, 0.25) is 10.0 Å². The quantitative estimate of drug-likeness (QED) is 0.249. The van der Waals surface area contributed by atoms with Gasteiger partial charge in [-0.05, 0) is 67.6 Å². The van der Waals surface area contributed by atoms with Gasteiger partial charge in [0.15, 0.2) is 9.84 Å². The van der Waals surface area contributed by atoms with Crippen molar-refractivity contribution in [2.45, 2.75) is 64.3 Å². The van der Waals surface area contributed by atoms with Crippen molar-refractivity contribution in [3.63, 3.8) is 0 Å². The van der Waals surface area contributed by atoms with Gasteiger partial charge in [0.1, 0.15) is 15.5 Å². The number of alkyl halides is 7. The summed E-state index contributed by atoms with van der Waals surface area (Å²) in [5.41, 5.74) is -7.75. The standard InChI is InChI=1S/C26H22F8N2O4S2/c27-19-7-9-21(10-8-19)41(37,38)23(13-11-20(12-14-23)36-42(39,40)22-2-1-15-35-16-22)17-3-5-18(6-4-17)24(28,25(29,30)31)26(32,33)34/h1-10,15-16,20,36H,11-14H2/t20-,23+. The molecule has 0 radical (unpaired) electrons. The van der Waals surface area contributed by atoms with Gasteiger partial charge in [-0.2, -0.15) is 26.3 Å². The van der Waals surface area contributed by atoms with E-state index >= 15 is 0 Å². The van der Waals surface area contributed by atoms with Crippen LogP contribution < -0.4 is 4.72 Å². The van der Waals surface area contributed by atoms with Gasteiger partial charge in [-0.1, -0.05) is 24.3 Å². The monoisotopic (exact) mass is 642 g/mol. The highest BCUT2D eigenvalue weighted by molar-refractivity contribution is 7.92. The minimum absolute atomic E-state index is 0.111. The summed E-state index contributed by atoms with van der Waals surface area (Å²) in [6.07, 6.45) is -11.2. The smallest absolute Gasteiger partial charge is 0.263 e. The molecular weight excluding hydrogens is 620 g/mol. The summed E-state index contributed by atoms with van der Waals surface area (Å²) in [6, 6.07) is 7.35. The molecule has 1 aromatic heterocycles. The van der Waals surface area contributed by atoms with E-state index in [0.29, 0.717) is 12.1 Å². The zero-order valence-corrected chi connectivity index (χ0v) is 22.9. The lowest BCUT2D eigenvalue weighted by Gasteiger charge is -2.40. The highest BCUT2D eigenvalue weighted by Gasteiger charge is 2.73. The van der Waals surface area contributed by atoms with E-state index < -0.39 is 60.1 Å². The number of benzene rings is 2. The lowest BCUT2D eigenvalue weighted by molar-refractivity contribution is -0.348. The van der Waals surface area contributed by atoms with Crippen molar-refractivity contribution in [2.24, 2.45) is 0 Å². The van der Waals surface area contributed by atoms with E-state index in [1.165, 1.54) is 18.3 Å². The van der Waals surface area contributed by atoms with E-state index in [-0.39, 0.29) is 53.2 Å². The molecule has 228 valence electrons. The van der Waals surface area contributed by atoms with Gasteiger partial charge < -0.3 is 0 Å². The van der Waals surface area contributed by atoms with Crippen LogP contribution in [0.4, 0.5) is 35.1 Å². The Morgan fingerprint density at radius 2 is 1.31 bits per heavy atom. The highest BCUT2D eigenvalue weighted by Crippen LogP contribution is 2.54. The maximum absolute atomic E-state index is 14.6. The zero-order valence-electron chi connectivity index (χ0n) is 21.3. The molecule has 2 aromatic carbocycles. The Balaban J connectivity index is 1.75. The number of hydrogen-bond donors (Lipinski definition) is 1. The van der Waals surface area contributed by atoms with Crippen molar-refractivity contribution in [1.82, 2.24) is 9.71 Å². The molecule has 1 saturated carbocycles. The normalized spacial score (nSPS) is 20.8. The molecule has 0 unspecified atom stereocenters. The van der Waals surface area contributed by atoms with Crippen LogP contribution in [0.2, 0.25) is 0 Å². The molecule has 3 aromatic rings. The Morgan fingerprint density at radius 3 is 1.79 bits per heavy atom. The summed E-state index contributed by atoms with van der Waals surface area (Å²) in [6.45, 7) is 0. The van der Waals surface area contributed by atoms with Crippen molar-refractivity contribution in [1.29, 1.82) is 0 Å². The number of sulfonamides is 1. The Labute approximate surface area is 235 Å². The number of hydrogen-bond acceptors (Lipinski definition) is 5. The summed E-state index contributed by atoms with van der Waals surface area (Å²) >= 11 is 0. The third kappa shape index (κ3) is 5.51. The predicted molar refractivity (Wildman–Crippen MR) is 133 cm³/mol. The zero-order chi connectivity index (χ0) is 31.2. The van der Waals surface area contributed by atoms with Crippen LogP contribution in [-0.4, -0.2) is 40.2 Å². The van der Waals surface area contributed by atoms with E-state index in [0.717, 1.165) is 30.5 Å². The Hall–Kier alpha value is -3.11. The van der Waals surface area contributed by atoms with Crippen LogP contribution in [0.1, 0.15) is 36.8 Å². The second-order valence-corrected chi connectivity index (χ2v) is 13.7. The molecule has 42 heavy (non-hydrogen) atoms. The van der Waals surface area contributed by atoms with Gasteiger partial charge in [0, 0.05) is 24.0 Å². The number of nitrogens with zero attached hydrogens (tertiary/aromatic N) is 1. The highest BCUT2D eigenvalue weighted by atomic mass is 32.2. The Bertz CT molecular complexity index is 1600. The topological polar surface area (TPSA) is 93.2 Å². The minimum atomic E-state index is -6.37. The average molecular weight is 643 g/mol. The molecule has 16 heteroatoms. The van der Waals surface area contributed by atoms with Crippen molar-refractivity contribution in [3.8, 4) is 0 Å². The molecule has 6 nitrogen and oxygen atoms in total. The molecule has 4 rings (SSSR count). The van der Waals surface area contributed by atoms with Crippen molar-refractivity contribution >= 4 is 19.9 Å². The third-order valence-corrected chi connectivity index (χ3v) is 11.4. The van der Waals surface area contributed by atoms with Crippen molar-refractivity contribution in [3.05, 3.63) is 90.0 Å². The fraction of sp³-hybridized carbons (Fsp3) is 0.346. The molecule has 0 bridgehead atoms. The maximum Gasteiger partial charge on any atom is 0.435 e. The molecule has 0 saturated heterocycles. The molecule has 0 atom stereocenters. The first kappa shape index (κ1) is 31.8. The van der Waals surface area contributed by atoms with Crippen LogP contribution in [-0.2, 0) is 30.3 Å². The van der Waals surface area contributed by atoms with Crippen molar-refractivity contribution < 1.29 is 52.0 Å². The number of sulfone groups is 1. The molecule has 1 heterocycles.